The van der Waals surface area contributed by atoms with Gasteiger partial charge >= 0.3 is 0 Å². The summed E-state index contributed by atoms with van der Waals surface area (Å²) < 4.78 is 25.6. The summed E-state index contributed by atoms with van der Waals surface area (Å²) in [6.45, 7) is 12.0. The predicted molar refractivity (Wildman–Crippen MR) is 229 cm³/mol. The van der Waals surface area contributed by atoms with Crippen LogP contribution in [0.25, 0.3) is 33.4 Å². The lowest BCUT2D eigenvalue weighted by molar-refractivity contribution is -0.103. The average Bonchev–Trinajstić information content (AvgIpc) is 3.52. The molecule has 0 aliphatic heterocycles. The molecule has 0 saturated heterocycles. The Bertz CT molecular complexity index is 2150. The number of aryl methyl sites for hydroxylation is 2. The summed E-state index contributed by atoms with van der Waals surface area (Å²) in [6, 6.07) is 47.6. The SMILES string of the molecule is CCC(OCC(C)O)Oc1c(C)cccc1-c1ccccc1C1(c2ccccc2-c2cccc(C)c2OC(CC)OCC(C)O)c2ccccc2-c2ccccc21. The van der Waals surface area contributed by atoms with Gasteiger partial charge in [-0.05, 0) is 83.3 Å². The molecule has 0 amide bonds. The molecule has 0 spiro atoms. The molecule has 294 valence electrons. The molecule has 0 saturated carbocycles. The van der Waals surface area contributed by atoms with Crippen LogP contribution in [0.2, 0.25) is 0 Å². The molecule has 6 heteroatoms. The Labute approximate surface area is 337 Å². The number of fused-ring (bicyclic) bond motifs is 3. The molecule has 2 N–H and O–H groups in total. The number of para-hydroxylation sites is 2. The Balaban J connectivity index is 1.51. The van der Waals surface area contributed by atoms with E-state index in [9.17, 15) is 10.2 Å². The van der Waals surface area contributed by atoms with E-state index < -0.39 is 30.2 Å². The third kappa shape index (κ3) is 7.75. The van der Waals surface area contributed by atoms with E-state index in [1.165, 1.54) is 22.3 Å². The molecule has 6 nitrogen and oxygen atoms in total. The number of aliphatic hydroxyl groups excluding tert-OH is 2. The molecule has 4 unspecified atom stereocenters. The number of ether oxygens (including phenoxy) is 4. The van der Waals surface area contributed by atoms with Gasteiger partial charge in [0.25, 0.3) is 0 Å². The second kappa shape index (κ2) is 17.5. The maximum absolute atomic E-state index is 10.0. The van der Waals surface area contributed by atoms with E-state index in [4.69, 9.17) is 18.9 Å². The van der Waals surface area contributed by atoms with Crippen LogP contribution >= 0.6 is 0 Å². The lowest BCUT2D eigenvalue weighted by Gasteiger charge is -2.37. The third-order valence-electron chi connectivity index (χ3n) is 10.8. The molecule has 0 heterocycles. The summed E-state index contributed by atoms with van der Waals surface area (Å²) in [5, 5.41) is 20.1. The van der Waals surface area contributed by atoms with Crippen molar-refractivity contribution in [3.63, 3.8) is 0 Å². The summed E-state index contributed by atoms with van der Waals surface area (Å²) >= 11 is 0. The second-order valence-corrected chi connectivity index (χ2v) is 15.1. The first-order valence-corrected chi connectivity index (χ1v) is 20.2. The zero-order valence-corrected chi connectivity index (χ0v) is 33.9. The Morgan fingerprint density at radius 2 is 0.737 bits per heavy atom. The minimum Gasteiger partial charge on any atom is -0.464 e. The lowest BCUT2D eigenvalue weighted by atomic mass is 9.64. The Morgan fingerprint density at radius 1 is 0.439 bits per heavy atom. The van der Waals surface area contributed by atoms with Crippen LogP contribution in [0.4, 0.5) is 0 Å². The summed E-state index contributed by atoms with van der Waals surface area (Å²) in [7, 11) is 0. The van der Waals surface area contributed by atoms with E-state index >= 15 is 0 Å². The Morgan fingerprint density at radius 3 is 1.05 bits per heavy atom. The second-order valence-electron chi connectivity index (χ2n) is 15.1. The number of aliphatic hydroxyl groups is 2. The zero-order valence-electron chi connectivity index (χ0n) is 33.9. The highest BCUT2D eigenvalue weighted by atomic mass is 16.7. The number of hydrogen-bond donors (Lipinski definition) is 2. The van der Waals surface area contributed by atoms with Gasteiger partial charge in [-0.25, -0.2) is 0 Å². The van der Waals surface area contributed by atoms with Crippen LogP contribution in [-0.2, 0) is 14.9 Å². The van der Waals surface area contributed by atoms with Gasteiger partial charge in [0.2, 0.25) is 0 Å². The maximum Gasteiger partial charge on any atom is 0.199 e. The quantitative estimate of drug-likeness (QED) is 0.0955. The van der Waals surface area contributed by atoms with Gasteiger partial charge in [0.15, 0.2) is 12.6 Å². The molecule has 7 rings (SSSR count). The van der Waals surface area contributed by atoms with Crippen molar-refractivity contribution in [1.29, 1.82) is 0 Å². The van der Waals surface area contributed by atoms with Gasteiger partial charge < -0.3 is 29.2 Å². The predicted octanol–water partition coefficient (Wildman–Crippen LogP) is 11.0. The fourth-order valence-corrected chi connectivity index (χ4v) is 8.32. The monoisotopic (exact) mass is 762 g/mol. The molecule has 1 aliphatic rings. The molecule has 0 aromatic heterocycles. The number of rotatable bonds is 16. The van der Waals surface area contributed by atoms with Crippen LogP contribution < -0.4 is 9.47 Å². The van der Waals surface area contributed by atoms with Gasteiger partial charge in [-0.3, -0.25) is 0 Å². The smallest absolute Gasteiger partial charge is 0.199 e. The molecule has 57 heavy (non-hydrogen) atoms. The van der Waals surface area contributed by atoms with Crippen LogP contribution in [0.3, 0.4) is 0 Å². The van der Waals surface area contributed by atoms with Crippen LogP contribution in [0.5, 0.6) is 11.5 Å². The Kier molecular flexibility index (Phi) is 12.3. The molecule has 6 aromatic carbocycles. The van der Waals surface area contributed by atoms with Gasteiger partial charge in [-0.2, -0.15) is 0 Å². The molecule has 1 aliphatic carbocycles. The molecular weight excluding hydrogens is 709 g/mol. The zero-order chi connectivity index (χ0) is 40.1. The highest BCUT2D eigenvalue weighted by Crippen LogP contribution is 2.60. The van der Waals surface area contributed by atoms with E-state index in [-0.39, 0.29) is 13.2 Å². The largest absolute Gasteiger partial charge is 0.464 e. The van der Waals surface area contributed by atoms with E-state index in [1.807, 2.05) is 13.8 Å². The highest BCUT2D eigenvalue weighted by molar-refractivity contribution is 5.92. The van der Waals surface area contributed by atoms with E-state index in [2.05, 4.69) is 147 Å². The summed E-state index contributed by atoms with van der Waals surface area (Å²) in [6.07, 6.45) is -1.05. The van der Waals surface area contributed by atoms with E-state index in [1.54, 1.807) is 13.8 Å². The van der Waals surface area contributed by atoms with Crippen LogP contribution in [0.15, 0.2) is 133 Å². The maximum atomic E-state index is 10.0. The van der Waals surface area contributed by atoms with Gasteiger partial charge in [0.05, 0.1) is 30.8 Å². The average molecular weight is 763 g/mol. The normalized spacial score (nSPS) is 14.9. The van der Waals surface area contributed by atoms with Crippen molar-refractivity contribution in [3.8, 4) is 44.9 Å². The lowest BCUT2D eigenvalue weighted by Crippen LogP contribution is -2.30. The molecular formula is C51H54O6. The summed E-state index contributed by atoms with van der Waals surface area (Å²) in [5.41, 5.74) is 12.2. The topological polar surface area (TPSA) is 77.4 Å². The minimum atomic E-state index is -0.775. The van der Waals surface area contributed by atoms with Crippen molar-refractivity contribution in [2.24, 2.45) is 0 Å². The highest BCUT2D eigenvalue weighted by Gasteiger charge is 2.48. The number of hydrogen-bond acceptors (Lipinski definition) is 6. The van der Waals surface area contributed by atoms with Gasteiger partial charge in [0.1, 0.15) is 11.5 Å². The molecule has 4 atom stereocenters. The van der Waals surface area contributed by atoms with Crippen molar-refractivity contribution in [2.45, 2.75) is 84.6 Å². The van der Waals surface area contributed by atoms with Crippen LogP contribution in [0, 0.1) is 13.8 Å². The third-order valence-corrected chi connectivity index (χ3v) is 10.8. The van der Waals surface area contributed by atoms with Crippen molar-refractivity contribution in [2.75, 3.05) is 13.2 Å². The molecule has 0 fully saturated rings. The van der Waals surface area contributed by atoms with Crippen molar-refractivity contribution in [3.05, 3.63) is 167 Å². The molecule has 0 bridgehead atoms. The van der Waals surface area contributed by atoms with Gasteiger partial charge in [-0.1, -0.05) is 147 Å². The van der Waals surface area contributed by atoms with Gasteiger partial charge in [0, 0.05) is 24.0 Å². The fourth-order valence-electron chi connectivity index (χ4n) is 8.32. The number of benzene rings is 6. The van der Waals surface area contributed by atoms with Crippen molar-refractivity contribution in [1.82, 2.24) is 0 Å². The van der Waals surface area contributed by atoms with Crippen LogP contribution in [0.1, 0.15) is 73.9 Å². The van der Waals surface area contributed by atoms with E-state index in [0.29, 0.717) is 12.8 Å². The summed E-state index contributed by atoms with van der Waals surface area (Å²) in [4.78, 5) is 0. The van der Waals surface area contributed by atoms with Crippen molar-refractivity contribution < 1.29 is 29.2 Å². The first-order chi connectivity index (χ1) is 27.7. The standard InChI is InChI=1S/C51H54O6/c1-7-47(54-31-35(5)52)56-49-33(3)19-17-25-41(49)39-23-11-15-29-45(39)51(43-27-13-9-21-37(43)38-22-10-14-28-44(38)51)46-30-16-12-24-40(46)42-26-18-20-34(4)50(42)57-48(8-2)55-32-36(6)53/h9-30,35-36,47-48,52-53H,7-8,31-32H2,1-6H3. The first kappa shape index (κ1) is 40.0. The van der Waals surface area contributed by atoms with E-state index in [0.717, 1.165) is 56.0 Å². The molecule has 6 aromatic rings. The van der Waals surface area contributed by atoms with Gasteiger partial charge in [-0.15, -0.1) is 0 Å². The molecule has 0 radical (unpaired) electrons. The fraction of sp³-hybridized carbons (Fsp3) is 0.294. The van der Waals surface area contributed by atoms with Crippen molar-refractivity contribution >= 4 is 0 Å². The first-order valence-electron chi connectivity index (χ1n) is 20.2. The minimum absolute atomic E-state index is 0.181. The van der Waals surface area contributed by atoms with Crippen LogP contribution in [-0.4, -0.2) is 48.2 Å². The summed E-state index contributed by atoms with van der Waals surface area (Å²) in [5.74, 6) is 1.50. The Hall–Kier alpha value is -5.24.